The molecule has 0 aromatic heterocycles. The first-order valence-electron chi connectivity index (χ1n) is 9.17. The monoisotopic (exact) mass is 328 g/mol. The fraction of sp³-hybridized carbons (Fsp3) is 0.944. The molecule has 0 aromatic rings. The lowest BCUT2D eigenvalue weighted by Gasteiger charge is -2.38. The van der Waals surface area contributed by atoms with Crippen LogP contribution in [0.25, 0.3) is 0 Å². The van der Waals surface area contributed by atoms with Gasteiger partial charge in [-0.15, -0.1) is 0 Å². The van der Waals surface area contributed by atoms with Crippen molar-refractivity contribution in [1.29, 1.82) is 0 Å². The van der Waals surface area contributed by atoms with E-state index in [1.807, 2.05) is 5.01 Å². The maximum Gasteiger partial charge on any atom is 0.233 e. The van der Waals surface area contributed by atoms with Gasteiger partial charge in [-0.25, -0.2) is 5.01 Å². The number of carbonyl (C=O) groups is 1. The largest absolute Gasteiger partial charge is 0.396 e. The molecule has 0 aromatic carbocycles. The highest BCUT2D eigenvalue weighted by molar-refractivity contribution is 5.72. The van der Waals surface area contributed by atoms with Crippen molar-refractivity contribution >= 4 is 5.91 Å². The summed E-state index contributed by atoms with van der Waals surface area (Å²) in [6, 6.07) is 0.311. The molecule has 0 spiro atoms. The van der Waals surface area contributed by atoms with Crippen molar-refractivity contribution in [1.82, 2.24) is 10.0 Å². The highest BCUT2D eigenvalue weighted by Crippen LogP contribution is 2.25. The van der Waals surface area contributed by atoms with Crippen LogP contribution >= 0.6 is 0 Å². The number of aliphatic hydroxyl groups is 1. The van der Waals surface area contributed by atoms with Crippen LogP contribution in [-0.2, 0) is 9.53 Å². The number of hydrogen-bond donors (Lipinski definition) is 1. The van der Waals surface area contributed by atoms with Crippen LogP contribution in [0.15, 0.2) is 0 Å². The van der Waals surface area contributed by atoms with Crippen LogP contribution in [0.4, 0.5) is 0 Å². The maximum atomic E-state index is 12.2. The van der Waals surface area contributed by atoms with E-state index in [0.717, 1.165) is 51.6 Å². The van der Waals surface area contributed by atoms with Crippen molar-refractivity contribution in [3.63, 3.8) is 0 Å². The summed E-state index contributed by atoms with van der Waals surface area (Å²) < 4.78 is 5.33. The number of aliphatic hydroxyl groups excluding tert-OH is 1. The fourth-order valence-corrected chi connectivity index (χ4v) is 3.56. The average molecular weight is 328 g/mol. The van der Waals surface area contributed by atoms with Gasteiger partial charge in [-0.1, -0.05) is 20.3 Å². The summed E-state index contributed by atoms with van der Waals surface area (Å²) in [5.41, 5.74) is 0. The van der Waals surface area contributed by atoms with E-state index in [9.17, 15) is 4.79 Å². The maximum absolute atomic E-state index is 12.2. The standard InChI is InChI=1S/C18H36N2O3/c1-5-15(2)12-17(8-7-11-21)13-20(16(3)22)19-10-6-9-18(19)14-23-4/h15,17-18,21H,5-14H2,1-4H3/t15-,17-,18-/m0/s1. The van der Waals surface area contributed by atoms with Crippen molar-refractivity contribution in [2.24, 2.45) is 11.8 Å². The molecule has 1 amide bonds. The van der Waals surface area contributed by atoms with E-state index in [0.29, 0.717) is 24.5 Å². The smallest absolute Gasteiger partial charge is 0.233 e. The number of ether oxygens (including phenoxy) is 1. The van der Waals surface area contributed by atoms with Gasteiger partial charge in [0.05, 0.1) is 12.6 Å². The van der Waals surface area contributed by atoms with Crippen molar-refractivity contribution in [2.45, 2.75) is 65.3 Å². The molecule has 3 atom stereocenters. The molecule has 1 aliphatic rings. The first-order valence-corrected chi connectivity index (χ1v) is 9.17. The summed E-state index contributed by atoms with van der Waals surface area (Å²) in [6.07, 6.45) is 6.27. The van der Waals surface area contributed by atoms with Crippen LogP contribution in [0.1, 0.15) is 59.3 Å². The third-order valence-corrected chi connectivity index (χ3v) is 5.01. The Morgan fingerprint density at radius 1 is 1.48 bits per heavy atom. The minimum absolute atomic E-state index is 0.117. The molecule has 0 saturated carbocycles. The minimum atomic E-state index is 0.117. The predicted octanol–water partition coefficient (Wildman–Crippen LogP) is 2.69. The summed E-state index contributed by atoms with van der Waals surface area (Å²) in [5.74, 6) is 1.22. The van der Waals surface area contributed by atoms with E-state index in [1.165, 1.54) is 0 Å². The van der Waals surface area contributed by atoms with E-state index in [4.69, 9.17) is 9.84 Å². The van der Waals surface area contributed by atoms with Crippen LogP contribution in [0.2, 0.25) is 0 Å². The van der Waals surface area contributed by atoms with Gasteiger partial charge >= 0.3 is 0 Å². The van der Waals surface area contributed by atoms with E-state index in [1.54, 1.807) is 14.0 Å². The number of rotatable bonds is 11. The Kier molecular flexibility index (Phi) is 9.75. The fourth-order valence-electron chi connectivity index (χ4n) is 3.56. The topological polar surface area (TPSA) is 53.0 Å². The molecule has 1 N–H and O–H groups in total. The minimum Gasteiger partial charge on any atom is -0.396 e. The lowest BCUT2D eigenvalue weighted by atomic mass is 9.90. The Morgan fingerprint density at radius 2 is 2.22 bits per heavy atom. The van der Waals surface area contributed by atoms with E-state index >= 15 is 0 Å². The number of nitrogens with zero attached hydrogens (tertiary/aromatic N) is 2. The first kappa shape index (κ1) is 20.4. The molecule has 5 heteroatoms. The van der Waals surface area contributed by atoms with E-state index in [2.05, 4.69) is 18.9 Å². The molecular formula is C18H36N2O3. The summed E-state index contributed by atoms with van der Waals surface area (Å²) in [4.78, 5) is 12.2. The van der Waals surface area contributed by atoms with Crippen LogP contribution in [0.3, 0.4) is 0 Å². The highest BCUT2D eigenvalue weighted by atomic mass is 16.5. The molecule has 5 nitrogen and oxygen atoms in total. The number of amides is 1. The van der Waals surface area contributed by atoms with Crippen molar-refractivity contribution in [3.8, 4) is 0 Å². The van der Waals surface area contributed by atoms with Gasteiger partial charge in [0.15, 0.2) is 0 Å². The van der Waals surface area contributed by atoms with Crippen LogP contribution in [0, 0.1) is 11.8 Å². The molecule has 1 heterocycles. The van der Waals surface area contributed by atoms with Gasteiger partial charge in [0.2, 0.25) is 5.91 Å². The molecule has 0 radical (unpaired) electrons. The van der Waals surface area contributed by atoms with Gasteiger partial charge in [-0.2, -0.15) is 0 Å². The van der Waals surface area contributed by atoms with Gasteiger partial charge in [0.25, 0.3) is 0 Å². The molecule has 0 unspecified atom stereocenters. The lowest BCUT2D eigenvalue weighted by molar-refractivity contribution is -0.152. The molecule has 1 rings (SSSR count). The van der Waals surface area contributed by atoms with Crippen LogP contribution < -0.4 is 0 Å². The number of hydrogen-bond acceptors (Lipinski definition) is 4. The Balaban J connectivity index is 2.74. The summed E-state index contributed by atoms with van der Waals surface area (Å²) in [7, 11) is 1.72. The number of hydrazine groups is 1. The molecule has 1 saturated heterocycles. The average Bonchev–Trinajstić information content (AvgIpc) is 2.97. The third kappa shape index (κ3) is 6.77. The van der Waals surface area contributed by atoms with Crippen LogP contribution in [0.5, 0.6) is 0 Å². The van der Waals surface area contributed by atoms with Crippen LogP contribution in [-0.4, -0.2) is 60.5 Å². The zero-order chi connectivity index (χ0) is 17.2. The van der Waals surface area contributed by atoms with Gasteiger partial charge < -0.3 is 9.84 Å². The zero-order valence-electron chi connectivity index (χ0n) is 15.5. The second kappa shape index (κ2) is 11.0. The molecule has 23 heavy (non-hydrogen) atoms. The van der Waals surface area contributed by atoms with Gasteiger partial charge in [-0.05, 0) is 43.9 Å². The number of methoxy groups -OCH3 is 1. The Morgan fingerprint density at radius 3 is 2.78 bits per heavy atom. The highest BCUT2D eigenvalue weighted by Gasteiger charge is 2.32. The Bertz CT molecular complexity index is 338. The summed E-state index contributed by atoms with van der Waals surface area (Å²) >= 11 is 0. The van der Waals surface area contributed by atoms with Gasteiger partial charge in [-0.3, -0.25) is 9.80 Å². The quantitative estimate of drug-likeness (QED) is 0.633. The van der Waals surface area contributed by atoms with E-state index in [-0.39, 0.29) is 12.5 Å². The van der Waals surface area contributed by atoms with E-state index < -0.39 is 0 Å². The van der Waals surface area contributed by atoms with Crippen molar-refractivity contribution in [3.05, 3.63) is 0 Å². The summed E-state index contributed by atoms with van der Waals surface area (Å²) in [6.45, 7) is 8.75. The van der Waals surface area contributed by atoms with Crippen molar-refractivity contribution in [2.75, 3.05) is 33.4 Å². The Hall–Kier alpha value is -0.650. The first-order chi connectivity index (χ1) is 11.0. The molecule has 1 aliphatic heterocycles. The predicted molar refractivity (Wildman–Crippen MR) is 92.9 cm³/mol. The molecule has 1 fully saturated rings. The van der Waals surface area contributed by atoms with Gasteiger partial charge in [0, 0.05) is 33.7 Å². The second-order valence-corrected chi connectivity index (χ2v) is 7.00. The number of carbonyl (C=O) groups excluding carboxylic acids is 1. The summed E-state index contributed by atoms with van der Waals surface area (Å²) in [5, 5.41) is 13.3. The normalized spacial score (nSPS) is 21.3. The van der Waals surface area contributed by atoms with Gasteiger partial charge in [0.1, 0.15) is 0 Å². The SMILES string of the molecule is CC[C@H](C)C[C@H](CCCO)CN(C(C)=O)N1CCC[C@H]1COC. The molecule has 136 valence electrons. The zero-order valence-corrected chi connectivity index (χ0v) is 15.5. The lowest BCUT2D eigenvalue weighted by Crippen LogP contribution is -2.51. The van der Waals surface area contributed by atoms with Crippen molar-refractivity contribution < 1.29 is 14.6 Å². The molecule has 0 aliphatic carbocycles. The molecular weight excluding hydrogens is 292 g/mol. The Labute approximate surface area is 141 Å². The molecule has 0 bridgehead atoms. The second-order valence-electron chi connectivity index (χ2n) is 7.00. The third-order valence-electron chi connectivity index (χ3n) is 5.01.